The smallest absolute Gasteiger partial charge is 0.251 e. The first-order chi connectivity index (χ1) is 12.7. The summed E-state index contributed by atoms with van der Waals surface area (Å²) in [6.45, 7) is 9.69. The molecule has 0 bridgehead atoms. The summed E-state index contributed by atoms with van der Waals surface area (Å²) in [6.07, 6.45) is 0. The second kappa shape index (κ2) is 8.80. The number of carbonyl (C=O) groups is 2. The molecule has 0 aliphatic rings. The maximum Gasteiger partial charge on any atom is 0.251 e. The zero-order valence-corrected chi connectivity index (χ0v) is 16.5. The van der Waals surface area contributed by atoms with Gasteiger partial charge in [-0.1, -0.05) is 37.6 Å². The molecule has 4 nitrogen and oxygen atoms in total. The van der Waals surface area contributed by atoms with E-state index in [0.717, 1.165) is 16.7 Å². The van der Waals surface area contributed by atoms with E-state index in [1.807, 2.05) is 46.8 Å². The Kier molecular flexibility index (Phi) is 6.72. The van der Waals surface area contributed by atoms with Crippen molar-refractivity contribution < 1.29 is 14.0 Å². The van der Waals surface area contributed by atoms with Crippen LogP contribution in [0.5, 0.6) is 0 Å². The average molecular weight is 370 g/mol. The second-order valence-corrected chi connectivity index (χ2v) is 7.29. The molecule has 0 aliphatic carbocycles. The zero-order chi connectivity index (χ0) is 20.1. The Balaban J connectivity index is 2.11. The standard InChI is InChI=1S/C22H27FN2O2/c1-13(2)20(25-21(26)17-8-10-18(23)11-9-17)22(27)24-16(5)19-12-14(3)6-7-15(19)4/h6-13,16,20H,1-5H3,(H,24,27)(H,25,26)/t16-,20+/m1/s1. The van der Waals surface area contributed by atoms with Gasteiger partial charge in [0, 0.05) is 5.56 Å². The minimum Gasteiger partial charge on any atom is -0.348 e. The molecule has 2 aromatic rings. The molecule has 0 saturated heterocycles. The van der Waals surface area contributed by atoms with E-state index in [4.69, 9.17) is 0 Å². The van der Waals surface area contributed by atoms with Crippen LogP contribution in [-0.2, 0) is 4.79 Å². The monoisotopic (exact) mass is 370 g/mol. The van der Waals surface area contributed by atoms with Gasteiger partial charge in [0.05, 0.1) is 6.04 Å². The normalized spacial score (nSPS) is 13.1. The van der Waals surface area contributed by atoms with Crippen molar-refractivity contribution in [3.63, 3.8) is 0 Å². The number of halogens is 1. The molecular weight excluding hydrogens is 343 g/mol. The summed E-state index contributed by atoms with van der Waals surface area (Å²) in [7, 11) is 0. The molecule has 0 saturated carbocycles. The number of nitrogens with one attached hydrogen (secondary N) is 2. The molecule has 27 heavy (non-hydrogen) atoms. The summed E-state index contributed by atoms with van der Waals surface area (Å²) >= 11 is 0. The van der Waals surface area contributed by atoms with Gasteiger partial charge in [0.25, 0.3) is 5.91 Å². The Morgan fingerprint density at radius 3 is 2.15 bits per heavy atom. The predicted molar refractivity (Wildman–Crippen MR) is 105 cm³/mol. The molecule has 2 amide bonds. The first-order valence-electron chi connectivity index (χ1n) is 9.13. The van der Waals surface area contributed by atoms with Crippen molar-refractivity contribution >= 4 is 11.8 Å². The molecule has 2 N–H and O–H groups in total. The highest BCUT2D eigenvalue weighted by Gasteiger charge is 2.26. The highest BCUT2D eigenvalue weighted by atomic mass is 19.1. The van der Waals surface area contributed by atoms with Crippen molar-refractivity contribution in [2.75, 3.05) is 0 Å². The summed E-state index contributed by atoms with van der Waals surface area (Å²) < 4.78 is 13.0. The van der Waals surface area contributed by atoms with E-state index >= 15 is 0 Å². The lowest BCUT2D eigenvalue weighted by molar-refractivity contribution is -0.124. The van der Waals surface area contributed by atoms with Gasteiger partial charge in [0.1, 0.15) is 11.9 Å². The van der Waals surface area contributed by atoms with Gasteiger partial charge >= 0.3 is 0 Å². The molecular formula is C22H27FN2O2. The molecule has 0 aliphatic heterocycles. The van der Waals surface area contributed by atoms with Gasteiger partial charge in [-0.05, 0) is 62.1 Å². The van der Waals surface area contributed by atoms with Crippen LogP contribution in [-0.4, -0.2) is 17.9 Å². The van der Waals surface area contributed by atoms with Crippen LogP contribution >= 0.6 is 0 Å². The molecule has 0 spiro atoms. The largest absolute Gasteiger partial charge is 0.348 e. The highest BCUT2D eigenvalue weighted by molar-refractivity contribution is 5.97. The minimum absolute atomic E-state index is 0.0970. The molecule has 0 aromatic heterocycles. The number of rotatable bonds is 6. The first kappa shape index (κ1) is 20.6. The molecule has 5 heteroatoms. The summed E-state index contributed by atoms with van der Waals surface area (Å²) in [5.41, 5.74) is 3.60. The quantitative estimate of drug-likeness (QED) is 0.805. The van der Waals surface area contributed by atoms with Gasteiger partial charge in [-0.3, -0.25) is 9.59 Å². The Labute approximate surface area is 160 Å². The summed E-state index contributed by atoms with van der Waals surface area (Å²) in [5.74, 6) is -1.15. The molecule has 2 atom stereocenters. The van der Waals surface area contributed by atoms with Gasteiger partial charge in [-0.2, -0.15) is 0 Å². The van der Waals surface area contributed by atoms with Gasteiger partial charge in [0.15, 0.2) is 0 Å². The van der Waals surface area contributed by atoms with Gasteiger partial charge in [-0.15, -0.1) is 0 Å². The van der Waals surface area contributed by atoms with Crippen molar-refractivity contribution in [2.45, 2.75) is 46.7 Å². The number of carbonyl (C=O) groups excluding carboxylic acids is 2. The van der Waals surface area contributed by atoms with Crippen LogP contribution < -0.4 is 10.6 Å². The lowest BCUT2D eigenvalue weighted by Gasteiger charge is -2.25. The molecule has 2 aromatic carbocycles. The third kappa shape index (κ3) is 5.39. The third-order valence-electron chi connectivity index (χ3n) is 4.60. The molecule has 0 radical (unpaired) electrons. The fraction of sp³-hybridized carbons (Fsp3) is 0.364. The molecule has 144 valence electrons. The fourth-order valence-electron chi connectivity index (χ4n) is 2.97. The van der Waals surface area contributed by atoms with E-state index in [1.165, 1.54) is 24.3 Å². The van der Waals surface area contributed by atoms with Crippen LogP contribution in [0.25, 0.3) is 0 Å². The van der Waals surface area contributed by atoms with Crippen LogP contribution in [0.2, 0.25) is 0 Å². The average Bonchev–Trinajstić information content (AvgIpc) is 2.61. The lowest BCUT2D eigenvalue weighted by atomic mass is 9.98. The van der Waals surface area contributed by atoms with E-state index in [1.54, 1.807) is 0 Å². The SMILES string of the molecule is Cc1ccc(C)c([C@@H](C)NC(=O)[C@@H](NC(=O)c2ccc(F)cc2)C(C)C)c1. The van der Waals surface area contributed by atoms with Gasteiger partial charge in [-0.25, -0.2) is 4.39 Å². The number of hydrogen-bond acceptors (Lipinski definition) is 2. The Morgan fingerprint density at radius 1 is 0.926 bits per heavy atom. The summed E-state index contributed by atoms with van der Waals surface area (Å²) in [4.78, 5) is 25.2. The maximum atomic E-state index is 13.0. The number of benzene rings is 2. The molecule has 0 fully saturated rings. The molecule has 0 heterocycles. The van der Waals surface area contributed by atoms with Crippen molar-refractivity contribution in [2.24, 2.45) is 5.92 Å². The van der Waals surface area contributed by atoms with E-state index in [9.17, 15) is 14.0 Å². The van der Waals surface area contributed by atoms with Crippen LogP contribution in [0.3, 0.4) is 0 Å². The first-order valence-corrected chi connectivity index (χ1v) is 9.13. The minimum atomic E-state index is -0.685. The van der Waals surface area contributed by atoms with Gasteiger partial charge < -0.3 is 10.6 Å². The van der Waals surface area contributed by atoms with Gasteiger partial charge in [0.2, 0.25) is 5.91 Å². The fourth-order valence-corrected chi connectivity index (χ4v) is 2.97. The molecule has 2 rings (SSSR count). The Morgan fingerprint density at radius 2 is 1.56 bits per heavy atom. The number of hydrogen-bond donors (Lipinski definition) is 2. The topological polar surface area (TPSA) is 58.2 Å². The molecule has 0 unspecified atom stereocenters. The van der Waals surface area contributed by atoms with E-state index in [-0.39, 0.29) is 17.9 Å². The third-order valence-corrected chi connectivity index (χ3v) is 4.60. The predicted octanol–water partition coefficient (Wildman–Crippen LogP) is 4.07. The van der Waals surface area contributed by atoms with Crippen LogP contribution in [0, 0.1) is 25.6 Å². The van der Waals surface area contributed by atoms with E-state index in [0.29, 0.717) is 5.56 Å². The van der Waals surface area contributed by atoms with Crippen molar-refractivity contribution in [1.29, 1.82) is 0 Å². The van der Waals surface area contributed by atoms with E-state index in [2.05, 4.69) is 16.7 Å². The van der Waals surface area contributed by atoms with Crippen molar-refractivity contribution in [1.82, 2.24) is 10.6 Å². The second-order valence-electron chi connectivity index (χ2n) is 7.29. The van der Waals surface area contributed by atoms with E-state index < -0.39 is 17.8 Å². The zero-order valence-electron chi connectivity index (χ0n) is 16.5. The number of aryl methyl sites for hydroxylation is 2. The number of amides is 2. The summed E-state index contributed by atoms with van der Waals surface area (Å²) in [6, 6.07) is 10.5. The summed E-state index contributed by atoms with van der Waals surface area (Å²) in [5, 5.41) is 5.76. The van der Waals surface area contributed by atoms with Crippen LogP contribution in [0.1, 0.15) is 53.9 Å². The van der Waals surface area contributed by atoms with Crippen LogP contribution in [0.4, 0.5) is 4.39 Å². The lowest BCUT2D eigenvalue weighted by Crippen LogP contribution is -2.50. The Bertz CT molecular complexity index is 816. The highest BCUT2D eigenvalue weighted by Crippen LogP contribution is 2.19. The maximum absolute atomic E-state index is 13.0. The van der Waals surface area contributed by atoms with Crippen LogP contribution in [0.15, 0.2) is 42.5 Å². The Hall–Kier alpha value is -2.69. The van der Waals surface area contributed by atoms with Crippen molar-refractivity contribution in [3.8, 4) is 0 Å². The van der Waals surface area contributed by atoms with Crippen molar-refractivity contribution in [3.05, 3.63) is 70.5 Å².